The lowest BCUT2D eigenvalue weighted by molar-refractivity contribution is -0.116. The molecule has 0 atom stereocenters. The molecule has 82 valence electrons. The zero-order chi connectivity index (χ0) is 11.1. The van der Waals surface area contributed by atoms with Gasteiger partial charge in [0.2, 0.25) is 0 Å². The average molecular weight is 287 g/mol. The fraction of sp³-hybridized carbons (Fsp3) is 0.417. The molecule has 0 aliphatic carbocycles. The Labute approximate surface area is 104 Å². The molecule has 1 aromatic rings. The molecule has 0 fully saturated rings. The highest BCUT2D eigenvalue weighted by atomic mass is 79.9. The van der Waals surface area contributed by atoms with Gasteiger partial charge in [-0.25, -0.2) is 0 Å². The van der Waals surface area contributed by atoms with Gasteiger partial charge in [-0.15, -0.1) is 0 Å². The third-order valence-electron chi connectivity index (χ3n) is 1.96. The number of hydrogen-bond donors (Lipinski definition) is 0. The van der Waals surface area contributed by atoms with Crippen molar-refractivity contribution < 1.29 is 4.79 Å². The molecular weight excluding hydrogens is 272 g/mol. The van der Waals surface area contributed by atoms with Crippen molar-refractivity contribution in [2.24, 2.45) is 0 Å². The fourth-order valence-corrected chi connectivity index (χ4v) is 2.42. The van der Waals surface area contributed by atoms with Crippen molar-refractivity contribution in [3.63, 3.8) is 0 Å². The van der Waals surface area contributed by atoms with Gasteiger partial charge in [-0.2, -0.15) is 11.8 Å². The highest BCUT2D eigenvalue weighted by molar-refractivity contribution is 9.10. The lowest BCUT2D eigenvalue weighted by atomic mass is 10.1. The number of carbonyl (C=O) groups excluding carboxylic acids is 1. The van der Waals surface area contributed by atoms with Gasteiger partial charge in [0.05, 0.1) is 5.75 Å². The Morgan fingerprint density at radius 3 is 2.80 bits per heavy atom. The van der Waals surface area contributed by atoms with Crippen LogP contribution in [0.5, 0.6) is 0 Å². The second-order valence-electron chi connectivity index (χ2n) is 3.36. The van der Waals surface area contributed by atoms with E-state index in [1.807, 2.05) is 24.3 Å². The largest absolute Gasteiger partial charge is 0.298 e. The predicted molar refractivity (Wildman–Crippen MR) is 70.5 cm³/mol. The molecule has 0 spiro atoms. The van der Waals surface area contributed by atoms with Crippen LogP contribution >= 0.6 is 27.7 Å². The van der Waals surface area contributed by atoms with Crippen LogP contribution in [0.2, 0.25) is 0 Å². The molecule has 3 heteroatoms. The number of ketones is 1. The van der Waals surface area contributed by atoms with Gasteiger partial charge in [0, 0.05) is 10.9 Å². The monoisotopic (exact) mass is 286 g/mol. The number of hydrogen-bond acceptors (Lipinski definition) is 2. The van der Waals surface area contributed by atoms with Crippen LogP contribution in [0.4, 0.5) is 0 Å². The van der Waals surface area contributed by atoms with Crippen molar-refractivity contribution in [2.75, 3.05) is 11.5 Å². The summed E-state index contributed by atoms with van der Waals surface area (Å²) in [5, 5.41) is 0. The molecule has 15 heavy (non-hydrogen) atoms. The van der Waals surface area contributed by atoms with Gasteiger partial charge in [0.25, 0.3) is 0 Å². The van der Waals surface area contributed by atoms with E-state index in [-0.39, 0.29) is 0 Å². The number of rotatable bonds is 6. The van der Waals surface area contributed by atoms with E-state index in [1.54, 1.807) is 11.8 Å². The van der Waals surface area contributed by atoms with Crippen molar-refractivity contribution in [1.82, 2.24) is 0 Å². The third-order valence-corrected chi connectivity index (χ3v) is 3.95. The normalized spacial score (nSPS) is 10.3. The first kappa shape index (κ1) is 12.8. The maximum atomic E-state index is 11.6. The first-order valence-electron chi connectivity index (χ1n) is 5.07. The van der Waals surface area contributed by atoms with E-state index < -0.39 is 0 Å². The summed E-state index contributed by atoms with van der Waals surface area (Å²) >= 11 is 5.17. The summed E-state index contributed by atoms with van der Waals surface area (Å²) in [6.45, 7) is 2.13. The summed E-state index contributed by atoms with van der Waals surface area (Å²) in [6, 6.07) is 7.89. The smallest absolute Gasteiger partial charge is 0.147 e. The second-order valence-corrected chi connectivity index (χ2v) is 5.32. The minimum absolute atomic E-state index is 0.306. The lowest BCUT2D eigenvalue weighted by Crippen LogP contribution is -2.06. The van der Waals surface area contributed by atoms with Crippen LogP contribution in [-0.2, 0) is 11.2 Å². The Morgan fingerprint density at radius 1 is 1.40 bits per heavy atom. The van der Waals surface area contributed by atoms with Crippen LogP contribution in [-0.4, -0.2) is 17.3 Å². The van der Waals surface area contributed by atoms with Crippen molar-refractivity contribution in [3.05, 3.63) is 34.3 Å². The van der Waals surface area contributed by atoms with E-state index >= 15 is 0 Å². The summed E-state index contributed by atoms with van der Waals surface area (Å²) < 4.78 is 1.03. The van der Waals surface area contributed by atoms with E-state index in [1.165, 1.54) is 0 Å². The number of benzene rings is 1. The zero-order valence-corrected chi connectivity index (χ0v) is 11.2. The minimum atomic E-state index is 0.306. The molecule has 0 heterocycles. The van der Waals surface area contributed by atoms with Gasteiger partial charge in [-0.3, -0.25) is 4.79 Å². The molecular formula is C12H15BrOS. The van der Waals surface area contributed by atoms with Crippen LogP contribution in [0.15, 0.2) is 28.7 Å². The van der Waals surface area contributed by atoms with Gasteiger partial charge < -0.3 is 0 Å². The molecule has 0 aliphatic heterocycles. The third kappa shape index (κ3) is 4.85. The molecule has 0 aromatic heterocycles. The Morgan fingerprint density at radius 2 is 2.13 bits per heavy atom. The summed E-state index contributed by atoms with van der Waals surface area (Å²) in [5.41, 5.74) is 1.08. The molecule has 1 aromatic carbocycles. The van der Waals surface area contributed by atoms with Gasteiger partial charge in [0.1, 0.15) is 5.78 Å². The van der Waals surface area contributed by atoms with Gasteiger partial charge in [0.15, 0.2) is 0 Å². The quantitative estimate of drug-likeness (QED) is 0.742. The van der Waals surface area contributed by atoms with Crippen LogP contribution in [0, 0.1) is 0 Å². The van der Waals surface area contributed by atoms with Crippen molar-refractivity contribution in [1.29, 1.82) is 0 Å². The lowest BCUT2D eigenvalue weighted by Gasteiger charge is -2.03. The summed E-state index contributed by atoms with van der Waals surface area (Å²) in [5.74, 6) is 2.01. The molecule has 0 saturated heterocycles. The molecule has 0 unspecified atom stereocenters. The number of carbonyl (C=O) groups is 1. The van der Waals surface area contributed by atoms with Crippen LogP contribution in [0.25, 0.3) is 0 Å². The molecule has 0 saturated carbocycles. The summed E-state index contributed by atoms with van der Waals surface area (Å²) in [7, 11) is 0. The standard InChI is InChI=1S/C12H15BrOS/c1-2-7-15-9-11(14)8-10-5-3-4-6-12(10)13/h3-6H,2,7-9H2,1H3. The molecule has 1 rings (SSSR count). The molecule has 0 N–H and O–H groups in total. The van der Waals surface area contributed by atoms with E-state index in [0.717, 1.165) is 22.2 Å². The first-order valence-corrected chi connectivity index (χ1v) is 7.01. The van der Waals surface area contributed by atoms with E-state index in [2.05, 4.69) is 22.9 Å². The average Bonchev–Trinajstić information content (AvgIpc) is 2.22. The topological polar surface area (TPSA) is 17.1 Å². The SMILES string of the molecule is CCCSCC(=O)Cc1ccccc1Br. The maximum Gasteiger partial charge on any atom is 0.147 e. The van der Waals surface area contributed by atoms with Crippen molar-refractivity contribution in [2.45, 2.75) is 19.8 Å². The molecule has 0 bridgehead atoms. The van der Waals surface area contributed by atoms with E-state index in [9.17, 15) is 4.79 Å². The highest BCUT2D eigenvalue weighted by Crippen LogP contribution is 2.17. The Balaban J connectivity index is 2.41. The molecule has 0 aliphatic rings. The van der Waals surface area contributed by atoms with Gasteiger partial charge in [-0.1, -0.05) is 41.1 Å². The Hall–Kier alpha value is -0.280. The Bertz CT molecular complexity index is 325. The predicted octanol–water partition coefficient (Wildman–Crippen LogP) is 3.70. The number of halogens is 1. The molecule has 0 radical (unpaired) electrons. The summed E-state index contributed by atoms with van der Waals surface area (Å²) in [4.78, 5) is 11.6. The van der Waals surface area contributed by atoms with Crippen molar-refractivity contribution >= 4 is 33.5 Å². The van der Waals surface area contributed by atoms with Crippen molar-refractivity contribution in [3.8, 4) is 0 Å². The summed E-state index contributed by atoms with van der Waals surface area (Å²) in [6.07, 6.45) is 1.67. The molecule has 1 nitrogen and oxygen atoms in total. The van der Waals surface area contributed by atoms with Crippen LogP contribution < -0.4 is 0 Å². The number of thioether (sulfide) groups is 1. The van der Waals surface area contributed by atoms with Crippen LogP contribution in [0.1, 0.15) is 18.9 Å². The van der Waals surface area contributed by atoms with E-state index in [4.69, 9.17) is 0 Å². The van der Waals surface area contributed by atoms with Gasteiger partial charge >= 0.3 is 0 Å². The number of Topliss-reactive ketones (excluding diaryl/α,β-unsaturated/α-hetero) is 1. The highest BCUT2D eigenvalue weighted by Gasteiger charge is 2.05. The minimum Gasteiger partial charge on any atom is -0.298 e. The van der Waals surface area contributed by atoms with Gasteiger partial charge in [-0.05, 0) is 23.8 Å². The second kappa shape index (κ2) is 7.07. The zero-order valence-electron chi connectivity index (χ0n) is 8.83. The fourth-order valence-electron chi connectivity index (χ4n) is 1.24. The molecule has 0 amide bonds. The van der Waals surface area contributed by atoms with Crippen LogP contribution in [0.3, 0.4) is 0 Å². The van der Waals surface area contributed by atoms with E-state index in [0.29, 0.717) is 18.0 Å². The Kier molecular flexibility index (Phi) is 6.03. The maximum absolute atomic E-state index is 11.6. The first-order chi connectivity index (χ1) is 7.24.